The molecule has 0 unspecified atom stereocenters. The van der Waals surface area contributed by atoms with Crippen LogP contribution in [0.1, 0.15) is 18.1 Å². The summed E-state index contributed by atoms with van der Waals surface area (Å²) in [7, 11) is 0. The lowest BCUT2D eigenvalue weighted by atomic mass is 10.1. The summed E-state index contributed by atoms with van der Waals surface area (Å²) in [6.45, 7) is 2.55. The lowest BCUT2D eigenvalue weighted by Gasteiger charge is -2.14. The molecule has 0 aliphatic rings. The van der Waals surface area contributed by atoms with Crippen LogP contribution >= 0.6 is 31.9 Å². The molecule has 1 amide bonds. The van der Waals surface area contributed by atoms with E-state index in [1.54, 1.807) is 12.1 Å². The highest BCUT2D eigenvalue weighted by molar-refractivity contribution is 9.10. The molecule has 0 atom stereocenters. The monoisotopic (exact) mass is 599 g/mol. The minimum Gasteiger partial charge on any atom is -0.490 e. The maximum Gasteiger partial charge on any atom is 0.271 e. The van der Waals surface area contributed by atoms with E-state index < -0.39 is 10.8 Å². The van der Waals surface area contributed by atoms with Gasteiger partial charge in [0, 0.05) is 26.8 Å². The molecular weight excluding hydrogens is 582 g/mol. The molecule has 0 saturated carbocycles. The molecule has 0 spiro atoms. The third kappa shape index (κ3) is 7.15. The van der Waals surface area contributed by atoms with Gasteiger partial charge in [0.05, 0.1) is 11.5 Å². The molecule has 0 bridgehead atoms. The van der Waals surface area contributed by atoms with Crippen molar-refractivity contribution in [1.29, 1.82) is 5.26 Å². The molecule has 178 valence electrons. The van der Waals surface area contributed by atoms with Gasteiger partial charge in [0.2, 0.25) is 0 Å². The number of carbonyl (C=O) groups excluding carboxylic acids is 1. The molecule has 0 aliphatic carbocycles. The number of carbonyl (C=O) groups is 1. The van der Waals surface area contributed by atoms with E-state index in [2.05, 4.69) is 37.2 Å². The van der Waals surface area contributed by atoms with Crippen molar-refractivity contribution in [1.82, 2.24) is 0 Å². The molecule has 1 N–H and O–H groups in total. The van der Waals surface area contributed by atoms with Gasteiger partial charge in [0.15, 0.2) is 11.5 Å². The van der Waals surface area contributed by atoms with Crippen LogP contribution in [-0.4, -0.2) is 17.4 Å². The predicted octanol–water partition coefficient (Wildman–Crippen LogP) is 6.64. The first-order chi connectivity index (χ1) is 16.8. The highest BCUT2D eigenvalue weighted by Gasteiger charge is 2.15. The summed E-state index contributed by atoms with van der Waals surface area (Å²) < 4.78 is 13.2. The largest absolute Gasteiger partial charge is 0.490 e. The number of hydrogen-bond acceptors (Lipinski definition) is 6. The van der Waals surface area contributed by atoms with E-state index in [9.17, 15) is 20.2 Å². The Bertz CT molecular complexity index is 1320. The van der Waals surface area contributed by atoms with Crippen molar-refractivity contribution in [3.63, 3.8) is 0 Å². The summed E-state index contributed by atoms with van der Waals surface area (Å²) in [6.07, 6.45) is 1.40. The fourth-order valence-electron chi connectivity index (χ4n) is 2.98. The number of benzene rings is 3. The van der Waals surface area contributed by atoms with Crippen molar-refractivity contribution >= 4 is 55.2 Å². The number of nitrogens with one attached hydrogen (secondary N) is 1. The van der Waals surface area contributed by atoms with Gasteiger partial charge >= 0.3 is 0 Å². The van der Waals surface area contributed by atoms with Crippen LogP contribution in [0.15, 0.2) is 75.2 Å². The molecule has 0 radical (unpaired) electrons. The number of anilines is 1. The maximum atomic E-state index is 12.7. The first kappa shape index (κ1) is 25.9. The quantitative estimate of drug-likeness (QED) is 0.127. The fourth-order valence-corrected chi connectivity index (χ4v) is 3.69. The number of halogens is 2. The SMILES string of the molecule is CCOc1cc(/C=C(\C#N)C(=O)Nc2cccc([N+](=O)[O-])c2)c(Br)cc1OCc1ccc(Br)cc1. The maximum absolute atomic E-state index is 12.7. The number of nitrogens with zero attached hydrogens (tertiary/aromatic N) is 2. The van der Waals surface area contributed by atoms with Gasteiger partial charge in [0.1, 0.15) is 18.2 Å². The first-order valence-corrected chi connectivity index (χ1v) is 11.9. The van der Waals surface area contributed by atoms with Crippen LogP contribution in [0.5, 0.6) is 11.5 Å². The van der Waals surface area contributed by atoms with Crippen LogP contribution in [0.3, 0.4) is 0 Å². The molecule has 0 fully saturated rings. The Morgan fingerprint density at radius 3 is 2.49 bits per heavy atom. The lowest BCUT2D eigenvalue weighted by Crippen LogP contribution is -2.13. The number of nitro groups is 1. The van der Waals surface area contributed by atoms with E-state index in [-0.39, 0.29) is 16.9 Å². The van der Waals surface area contributed by atoms with E-state index in [0.717, 1.165) is 10.0 Å². The molecule has 0 heterocycles. The van der Waals surface area contributed by atoms with Crippen molar-refractivity contribution in [2.24, 2.45) is 0 Å². The number of rotatable bonds is 9. The number of hydrogen-bond donors (Lipinski definition) is 1. The van der Waals surface area contributed by atoms with E-state index in [4.69, 9.17) is 9.47 Å². The zero-order valence-corrected chi connectivity index (χ0v) is 21.6. The van der Waals surface area contributed by atoms with Gasteiger partial charge < -0.3 is 14.8 Å². The topological polar surface area (TPSA) is 114 Å². The van der Waals surface area contributed by atoms with Crippen LogP contribution < -0.4 is 14.8 Å². The third-order valence-corrected chi connectivity index (χ3v) is 5.87. The summed E-state index contributed by atoms with van der Waals surface area (Å²) in [5.41, 5.74) is 1.34. The number of nitriles is 1. The second kappa shape index (κ2) is 12.1. The second-order valence-corrected chi connectivity index (χ2v) is 8.87. The van der Waals surface area contributed by atoms with Gasteiger partial charge in [-0.15, -0.1) is 0 Å². The zero-order valence-electron chi connectivity index (χ0n) is 18.5. The van der Waals surface area contributed by atoms with Crippen LogP contribution in [-0.2, 0) is 11.4 Å². The summed E-state index contributed by atoms with van der Waals surface area (Å²) in [5, 5.41) is 23.0. The zero-order chi connectivity index (χ0) is 25.4. The molecular formula is C25H19Br2N3O5. The number of amides is 1. The van der Waals surface area contributed by atoms with Crippen LogP contribution in [0.4, 0.5) is 11.4 Å². The highest BCUT2D eigenvalue weighted by atomic mass is 79.9. The molecule has 8 nitrogen and oxygen atoms in total. The van der Waals surface area contributed by atoms with Crippen molar-refractivity contribution < 1.29 is 19.2 Å². The van der Waals surface area contributed by atoms with E-state index in [1.807, 2.05) is 37.3 Å². The Labute approximate surface area is 218 Å². The first-order valence-electron chi connectivity index (χ1n) is 10.3. The minimum absolute atomic E-state index is 0.173. The Kier molecular flexibility index (Phi) is 9.00. The summed E-state index contributed by atoms with van der Waals surface area (Å²) in [6, 6.07) is 18.5. The van der Waals surface area contributed by atoms with Crippen molar-refractivity contribution in [2.75, 3.05) is 11.9 Å². The second-order valence-electron chi connectivity index (χ2n) is 7.10. The molecule has 3 aromatic rings. The molecule has 0 aromatic heterocycles. The Morgan fingerprint density at radius 2 is 1.83 bits per heavy atom. The number of ether oxygens (including phenoxy) is 2. The molecule has 35 heavy (non-hydrogen) atoms. The van der Waals surface area contributed by atoms with Gasteiger partial charge in [-0.2, -0.15) is 5.26 Å². The van der Waals surface area contributed by atoms with Gasteiger partial charge in [0.25, 0.3) is 11.6 Å². The standard InChI is InChI=1S/C25H19Br2N3O5/c1-2-34-23-11-17(22(27)13-24(23)35-15-16-6-8-19(26)9-7-16)10-18(14-28)25(31)29-20-4-3-5-21(12-20)30(32)33/h3-13H,2,15H2,1H3,(H,29,31)/b18-10+. The highest BCUT2D eigenvalue weighted by Crippen LogP contribution is 2.35. The Morgan fingerprint density at radius 1 is 1.11 bits per heavy atom. The van der Waals surface area contributed by atoms with E-state index >= 15 is 0 Å². The molecule has 3 rings (SSSR count). The van der Waals surface area contributed by atoms with Gasteiger partial charge in [-0.1, -0.05) is 50.1 Å². The number of nitro benzene ring substituents is 1. The Balaban J connectivity index is 1.84. The van der Waals surface area contributed by atoms with Crippen molar-refractivity contribution in [3.8, 4) is 17.6 Å². The van der Waals surface area contributed by atoms with E-state index in [1.165, 1.54) is 30.3 Å². The fraction of sp³-hybridized carbons (Fsp3) is 0.120. The number of non-ortho nitro benzene ring substituents is 1. The summed E-state index contributed by atoms with van der Waals surface area (Å²) in [5.74, 6) is 0.252. The predicted molar refractivity (Wildman–Crippen MR) is 139 cm³/mol. The summed E-state index contributed by atoms with van der Waals surface area (Å²) >= 11 is 6.87. The van der Waals surface area contributed by atoms with Gasteiger partial charge in [-0.05, 0) is 54.5 Å². The molecule has 0 aliphatic heterocycles. The van der Waals surface area contributed by atoms with Gasteiger partial charge in [-0.25, -0.2) is 0 Å². The molecule has 3 aromatic carbocycles. The third-order valence-electron chi connectivity index (χ3n) is 4.65. The van der Waals surface area contributed by atoms with Crippen LogP contribution in [0.25, 0.3) is 6.08 Å². The van der Waals surface area contributed by atoms with E-state index in [0.29, 0.717) is 34.7 Å². The Hall–Kier alpha value is -3.68. The molecule has 0 saturated heterocycles. The van der Waals surface area contributed by atoms with Crippen molar-refractivity contribution in [3.05, 3.63) is 96.4 Å². The average molecular weight is 601 g/mol. The molecule has 10 heteroatoms. The summed E-state index contributed by atoms with van der Waals surface area (Å²) in [4.78, 5) is 23.0. The van der Waals surface area contributed by atoms with Gasteiger partial charge in [-0.3, -0.25) is 14.9 Å². The smallest absolute Gasteiger partial charge is 0.271 e. The normalized spacial score (nSPS) is 10.9. The minimum atomic E-state index is -0.701. The van der Waals surface area contributed by atoms with Crippen LogP contribution in [0.2, 0.25) is 0 Å². The van der Waals surface area contributed by atoms with Crippen LogP contribution in [0, 0.1) is 21.4 Å². The lowest BCUT2D eigenvalue weighted by molar-refractivity contribution is -0.384. The van der Waals surface area contributed by atoms with Crippen molar-refractivity contribution in [2.45, 2.75) is 13.5 Å². The average Bonchev–Trinajstić information content (AvgIpc) is 2.84.